The highest BCUT2D eigenvalue weighted by molar-refractivity contribution is 6.30. The van der Waals surface area contributed by atoms with Crippen molar-refractivity contribution in [3.8, 4) is 11.4 Å². The first kappa shape index (κ1) is 21.6. The normalized spacial score (nSPS) is 10.8. The van der Waals surface area contributed by atoms with Crippen LogP contribution in [0, 0.1) is 5.82 Å². The van der Waals surface area contributed by atoms with Gasteiger partial charge in [0, 0.05) is 35.2 Å². The van der Waals surface area contributed by atoms with Crippen molar-refractivity contribution in [3.05, 3.63) is 107 Å². The van der Waals surface area contributed by atoms with E-state index < -0.39 is 0 Å². The number of carbonyl (C=O) groups is 1. The van der Waals surface area contributed by atoms with Crippen molar-refractivity contribution in [2.45, 2.75) is 6.54 Å². The van der Waals surface area contributed by atoms with Gasteiger partial charge in [-0.2, -0.15) is 0 Å². The van der Waals surface area contributed by atoms with Crippen molar-refractivity contribution in [1.82, 2.24) is 9.55 Å². The van der Waals surface area contributed by atoms with Crippen molar-refractivity contribution in [3.63, 3.8) is 0 Å². The molecule has 162 valence electrons. The highest BCUT2D eigenvalue weighted by Gasteiger charge is 2.18. The van der Waals surface area contributed by atoms with Gasteiger partial charge < -0.3 is 14.2 Å². The van der Waals surface area contributed by atoms with Crippen LogP contribution in [0.5, 0.6) is 5.75 Å². The van der Waals surface area contributed by atoms with Gasteiger partial charge in [0.05, 0.1) is 13.7 Å². The predicted octanol–water partition coefficient (Wildman–Crippen LogP) is 5.54. The van der Waals surface area contributed by atoms with E-state index in [9.17, 15) is 9.18 Å². The Hall–Kier alpha value is -3.64. The molecule has 0 bridgehead atoms. The van der Waals surface area contributed by atoms with Crippen LogP contribution in [0.1, 0.15) is 21.9 Å². The fourth-order valence-corrected chi connectivity index (χ4v) is 3.48. The molecule has 0 aliphatic carbocycles. The maximum atomic E-state index is 13.3. The number of aromatic nitrogens is 2. The standard InChI is InChI=1S/C25H21ClFN3O2/c1-29(20-11-7-19(27)8-12-20)16-24-28-23(15-30(24)21-9-5-18(26)6-10-21)25(31)17-3-13-22(32-2)14-4-17/h3-15H,16H2,1-2H3. The van der Waals surface area contributed by atoms with Crippen LogP contribution in [0.3, 0.4) is 0 Å². The quantitative estimate of drug-likeness (QED) is 0.347. The predicted molar refractivity (Wildman–Crippen MR) is 124 cm³/mol. The zero-order valence-corrected chi connectivity index (χ0v) is 18.4. The minimum absolute atomic E-state index is 0.189. The Bertz CT molecular complexity index is 1220. The molecule has 32 heavy (non-hydrogen) atoms. The molecule has 1 heterocycles. The average molecular weight is 450 g/mol. The smallest absolute Gasteiger partial charge is 0.212 e. The third-order valence-corrected chi connectivity index (χ3v) is 5.37. The number of hydrogen-bond donors (Lipinski definition) is 0. The second kappa shape index (κ2) is 9.24. The highest BCUT2D eigenvalue weighted by Crippen LogP contribution is 2.22. The van der Waals surface area contributed by atoms with Gasteiger partial charge in [0.2, 0.25) is 5.78 Å². The van der Waals surface area contributed by atoms with E-state index in [1.165, 1.54) is 12.1 Å². The number of anilines is 1. The molecule has 0 amide bonds. The van der Waals surface area contributed by atoms with Gasteiger partial charge in [-0.25, -0.2) is 9.37 Å². The molecule has 4 aromatic rings. The van der Waals surface area contributed by atoms with Crippen molar-refractivity contribution < 1.29 is 13.9 Å². The number of rotatable bonds is 7. The molecule has 0 saturated carbocycles. The Morgan fingerprint density at radius 3 is 2.31 bits per heavy atom. The van der Waals surface area contributed by atoms with E-state index in [0.717, 1.165) is 11.4 Å². The van der Waals surface area contributed by atoms with E-state index in [1.54, 1.807) is 61.8 Å². The van der Waals surface area contributed by atoms with Crippen molar-refractivity contribution in [1.29, 1.82) is 0 Å². The molecule has 0 fully saturated rings. The van der Waals surface area contributed by atoms with Crippen LogP contribution in [0.25, 0.3) is 5.69 Å². The molecule has 0 atom stereocenters. The molecule has 4 rings (SSSR count). The van der Waals surface area contributed by atoms with Gasteiger partial charge in [0.15, 0.2) is 0 Å². The molecule has 7 heteroatoms. The van der Waals surface area contributed by atoms with Crippen LogP contribution in [-0.4, -0.2) is 29.5 Å². The number of carbonyl (C=O) groups excluding carboxylic acids is 1. The zero-order valence-electron chi connectivity index (χ0n) is 17.6. The minimum Gasteiger partial charge on any atom is -0.497 e. The van der Waals surface area contributed by atoms with Crippen LogP contribution in [0.15, 0.2) is 79.0 Å². The molecule has 0 saturated heterocycles. The average Bonchev–Trinajstić information content (AvgIpc) is 3.23. The van der Waals surface area contributed by atoms with Crippen LogP contribution in [0.4, 0.5) is 10.1 Å². The van der Waals surface area contributed by atoms with Gasteiger partial charge in [-0.05, 0) is 72.8 Å². The number of nitrogens with zero attached hydrogens (tertiary/aromatic N) is 3. The summed E-state index contributed by atoms with van der Waals surface area (Å²) in [6, 6.07) is 20.5. The molecule has 0 aliphatic rings. The summed E-state index contributed by atoms with van der Waals surface area (Å²) in [4.78, 5) is 19.7. The minimum atomic E-state index is -0.294. The lowest BCUT2D eigenvalue weighted by atomic mass is 10.1. The molecular weight excluding hydrogens is 429 g/mol. The summed E-state index contributed by atoms with van der Waals surface area (Å²) >= 11 is 6.05. The Morgan fingerprint density at radius 2 is 1.69 bits per heavy atom. The van der Waals surface area contributed by atoms with E-state index in [-0.39, 0.29) is 11.6 Å². The van der Waals surface area contributed by atoms with Crippen LogP contribution < -0.4 is 9.64 Å². The lowest BCUT2D eigenvalue weighted by Gasteiger charge is -2.19. The fourth-order valence-electron chi connectivity index (χ4n) is 3.35. The third-order valence-electron chi connectivity index (χ3n) is 5.11. The summed E-state index contributed by atoms with van der Waals surface area (Å²) in [5, 5.41) is 0.619. The van der Waals surface area contributed by atoms with Gasteiger partial charge in [-0.1, -0.05) is 11.6 Å². The summed E-state index contributed by atoms with van der Waals surface area (Å²) in [5.41, 5.74) is 2.51. The van der Waals surface area contributed by atoms with Gasteiger partial charge in [-0.15, -0.1) is 0 Å². The van der Waals surface area contributed by atoms with Crippen molar-refractivity contribution in [2.24, 2.45) is 0 Å². The molecule has 0 aliphatic heterocycles. The van der Waals surface area contributed by atoms with Crippen molar-refractivity contribution >= 4 is 23.1 Å². The van der Waals surface area contributed by atoms with Crippen molar-refractivity contribution in [2.75, 3.05) is 19.1 Å². The second-order valence-corrected chi connectivity index (χ2v) is 7.72. The van der Waals surface area contributed by atoms with E-state index in [1.807, 2.05) is 28.6 Å². The summed E-state index contributed by atoms with van der Waals surface area (Å²) in [6.07, 6.45) is 1.73. The van der Waals surface area contributed by atoms with Gasteiger partial charge in [0.1, 0.15) is 23.1 Å². The molecule has 0 N–H and O–H groups in total. The first-order chi connectivity index (χ1) is 15.4. The van der Waals surface area contributed by atoms with E-state index in [4.69, 9.17) is 16.3 Å². The third kappa shape index (κ3) is 4.65. The zero-order chi connectivity index (χ0) is 22.7. The number of ether oxygens (including phenoxy) is 1. The largest absolute Gasteiger partial charge is 0.497 e. The van der Waals surface area contributed by atoms with Crippen LogP contribution in [-0.2, 0) is 6.54 Å². The Morgan fingerprint density at radius 1 is 1.03 bits per heavy atom. The molecule has 3 aromatic carbocycles. The lowest BCUT2D eigenvalue weighted by Crippen LogP contribution is -2.19. The Balaban J connectivity index is 1.70. The summed E-state index contributed by atoms with van der Waals surface area (Å²) in [6.45, 7) is 0.407. The maximum absolute atomic E-state index is 13.3. The van der Waals surface area contributed by atoms with Gasteiger partial charge >= 0.3 is 0 Å². The Kier molecular flexibility index (Phi) is 6.23. The first-order valence-corrected chi connectivity index (χ1v) is 10.3. The summed E-state index contributed by atoms with van der Waals surface area (Å²) in [7, 11) is 3.47. The van der Waals surface area contributed by atoms with Gasteiger partial charge in [0.25, 0.3) is 0 Å². The monoisotopic (exact) mass is 449 g/mol. The molecule has 0 radical (unpaired) electrons. The van der Waals surface area contributed by atoms with E-state index in [0.29, 0.717) is 34.4 Å². The second-order valence-electron chi connectivity index (χ2n) is 7.28. The number of benzene rings is 3. The molecule has 0 unspecified atom stereocenters. The number of hydrogen-bond acceptors (Lipinski definition) is 4. The topological polar surface area (TPSA) is 47.4 Å². The first-order valence-electron chi connectivity index (χ1n) is 9.94. The van der Waals surface area contributed by atoms with Gasteiger partial charge in [-0.3, -0.25) is 4.79 Å². The molecule has 5 nitrogen and oxygen atoms in total. The van der Waals surface area contributed by atoms with E-state index in [2.05, 4.69) is 4.98 Å². The number of ketones is 1. The van der Waals surface area contributed by atoms with Crippen LogP contribution in [0.2, 0.25) is 5.02 Å². The molecule has 0 spiro atoms. The van der Waals surface area contributed by atoms with E-state index >= 15 is 0 Å². The molecule has 1 aromatic heterocycles. The Labute approximate surface area is 190 Å². The number of halogens is 2. The summed E-state index contributed by atoms with van der Waals surface area (Å²) < 4.78 is 20.3. The number of methoxy groups -OCH3 is 1. The molecular formula is C25H21ClFN3O2. The number of imidazole rings is 1. The van der Waals surface area contributed by atoms with Crippen LogP contribution >= 0.6 is 11.6 Å². The summed E-state index contributed by atoms with van der Waals surface area (Å²) in [5.74, 6) is 0.856. The maximum Gasteiger partial charge on any atom is 0.212 e. The SMILES string of the molecule is COc1ccc(C(=O)c2cn(-c3ccc(Cl)cc3)c(CN(C)c3ccc(F)cc3)n2)cc1. The highest BCUT2D eigenvalue weighted by atomic mass is 35.5. The fraction of sp³-hybridized carbons (Fsp3) is 0.120. The lowest BCUT2D eigenvalue weighted by molar-refractivity contribution is 0.103.